The average Bonchev–Trinajstić information content (AvgIpc) is 2.71. The maximum absolute atomic E-state index is 11.6. The van der Waals surface area contributed by atoms with Crippen LogP contribution in [0.25, 0.3) is 0 Å². The van der Waals surface area contributed by atoms with Gasteiger partial charge in [-0.05, 0) is 31.9 Å². The molecule has 0 aliphatic carbocycles. The lowest BCUT2D eigenvalue weighted by Crippen LogP contribution is -2.53. The van der Waals surface area contributed by atoms with Crippen LogP contribution in [0.2, 0.25) is 0 Å². The molecule has 1 aromatic rings. The highest BCUT2D eigenvalue weighted by molar-refractivity contribution is 14.0. The number of piperazine rings is 1. The van der Waals surface area contributed by atoms with Crippen LogP contribution in [-0.4, -0.2) is 84.6 Å². The van der Waals surface area contributed by atoms with Gasteiger partial charge >= 0.3 is 0 Å². The Balaban J connectivity index is 0.00000341. The smallest absolute Gasteiger partial charge is 0.219 e. The number of hydrogen-bond acceptors (Lipinski definition) is 4. The third-order valence-corrected chi connectivity index (χ3v) is 5.77. The Morgan fingerprint density at radius 1 is 1.06 bits per heavy atom. The second-order valence-corrected chi connectivity index (χ2v) is 8.38. The lowest BCUT2D eigenvalue weighted by molar-refractivity contribution is -0.130. The zero-order valence-corrected chi connectivity index (χ0v) is 21.7. The lowest BCUT2D eigenvalue weighted by atomic mass is 10.1. The number of halogens is 1. The van der Waals surface area contributed by atoms with E-state index in [4.69, 9.17) is 9.73 Å². The van der Waals surface area contributed by atoms with Crippen molar-refractivity contribution in [3.63, 3.8) is 0 Å². The zero-order chi connectivity index (χ0) is 21.5. The van der Waals surface area contributed by atoms with E-state index in [0.29, 0.717) is 6.54 Å². The van der Waals surface area contributed by atoms with Gasteiger partial charge in [0, 0.05) is 59.3 Å². The van der Waals surface area contributed by atoms with Crippen molar-refractivity contribution in [2.45, 2.75) is 53.0 Å². The molecule has 2 aliphatic rings. The number of benzene rings is 1. The monoisotopic (exact) mass is 543 g/mol. The second-order valence-electron chi connectivity index (χ2n) is 8.38. The molecule has 31 heavy (non-hydrogen) atoms. The summed E-state index contributed by atoms with van der Waals surface area (Å²) in [7, 11) is 0. The summed E-state index contributed by atoms with van der Waals surface area (Å²) >= 11 is 0. The fourth-order valence-electron chi connectivity index (χ4n) is 4.34. The first-order valence-corrected chi connectivity index (χ1v) is 11.2. The van der Waals surface area contributed by atoms with Gasteiger partial charge in [0.25, 0.3) is 0 Å². The van der Waals surface area contributed by atoms with E-state index < -0.39 is 0 Å². The number of nitrogens with one attached hydrogen (secondary N) is 1. The van der Waals surface area contributed by atoms with Crippen LogP contribution in [0, 0.1) is 0 Å². The molecule has 2 unspecified atom stereocenters. The van der Waals surface area contributed by atoms with Crippen molar-refractivity contribution in [1.29, 1.82) is 0 Å². The van der Waals surface area contributed by atoms with Gasteiger partial charge in [0.05, 0.1) is 18.8 Å². The van der Waals surface area contributed by atoms with Gasteiger partial charge < -0.3 is 19.9 Å². The summed E-state index contributed by atoms with van der Waals surface area (Å²) in [6.45, 7) is 15.5. The molecule has 0 bridgehead atoms. The molecule has 2 saturated heterocycles. The summed E-state index contributed by atoms with van der Waals surface area (Å²) in [5.74, 6) is 1.08. The third-order valence-electron chi connectivity index (χ3n) is 5.77. The van der Waals surface area contributed by atoms with Gasteiger partial charge in [0.2, 0.25) is 5.91 Å². The van der Waals surface area contributed by atoms with Crippen molar-refractivity contribution in [3.8, 4) is 0 Å². The Labute approximate surface area is 204 Å². The number of amides is 1. The molecule has 1 amide bonds. The summed E-state index contributed by atoms with van der Waals surface area (Å²) in [6.07, 6.45) is 0.543. The second kappa shape index (κ2) is 12.6. The number of carbonyl (C=O) groups is 1. The molecule has 7 nitrogen and oxygen atoms in total. The van der Waals surface area contributed by atoms with Gasteiger partial charge in [0.1, 0.15) is 0 Å². The molecule has 0 spiro atoms. The molecule has 1 aromatic carbocycles. The number of nitrogens with zero attached hydrogens (tertiary/aromatic N) is 4. The van der Waals surface area contributed by atoms with Gasteiger partial charge in [0.15, 0.2) is 5.96 Å². The number of ether oxygens (including phenoxy) is 1. The third kappa shape index (κ3) is 7.61. The molecule has 0 aromatic heterocycles. The van der Waals surface area contributed by atoms with Crippen LogP contribution in [0.4, 0.5) is 0 Å². The zero-order valence-electron chi connectivity index (χ0n) is 19.3. The van der Waals surface area contributed by atoms with E-state index in [9.17, 15) is 4.79 Å². The Morgan fingerprint density at radius 3 is 2.23 bits per heavy atom. The van der Waals surface area contributed by atoms with E-state index in [-0.39, 0.29) is 42.1 Å². The highest BCUT2D eigenvalue weighted by Gasteiger charge is 2.23. The van der Waals surface area contributed by atoms with Crippen molar-refractivity contribution in [1.82, 2.24) is 20.0 Å². The summed E-state index contributed by atoms with van der Waals surface area (Å²) in [5.41, 5.74) is 2.60. The maximum Gasteiger partial charge on any atom is 0.219 e. The summed E-state index contributed by atoms with van der Waals surface area (Å²) < 4.78 is 5.88. The minimum Gasteiger partial charge on any atom is -0.373 e. The Bertz CT molecular complexity index is 726. The average molecular weight is 543 g/mol. The van der Waals surface area contributed by atoms with E-state index in [2.05, 4.69) is 60.2 Å². The van der Waals surface area contributed by atoms with E-state index in [0.717, 1.165) is 58.3 Å². The van der Waals surface area contributed by atoms with E-state index in [1.165, 1.54) is 11.1 Å². The summed E-state index contributed by atoms with van der Waals surface area (Å²) in [4.78, 5) is 23.2. The SMILES string of the molecule is CCNC(=NCc1ccccc1CN1CC(C)OC(C)C1)N1CCN(C(C)=O)CC1.I. The van der Waals surface area contributed by atoms with Crippen molar-refractivity contribution in [3.05, 3.63) is 35.4 Å². The Hall–Kier alpha value is -1.39. The first-order chi connectivity index (χ1) is 14.5. The van der Waals surface area contributed by atoms with Crippen molar-refractivity contribution in [2.24, 2.45) is 4.99 Å². The van der Waals surface area contributed by atoms with Crippen LogP contribution < -0.4 is 5.32 Å². The predicted octanol–water partition coefficient (Wildman–Crippen LogP) is 2.54. The van der Waals surface area contributed by atoms with Crippen LogP contribution in [0.15, 0.2) is 29.3 Å². The minimum atomic E-state index is 0. The molecule has 3 rings (SSSR count). The highest BCUT2D eigenvalue weighted by Crippen LogP contribution is 2.18. The highest BCUT2D eigenvalue weighted by atomic mass is 127. The van der Waals surface area contributed by atoms with E-state index in [1.807, 2.05) is 4.90 Å². The van der Waals surface area contributed by atoms with Gasteiger partial charge in [-0.15, -0.1) is 24.0 Å². The van der Waals surface area contributed by atoms with E-state index >= 15 is 0 Å². The van der Waals surface area contributed by atoms with Crippen LogP contribution in [0.1, 0.15) is 38.8 Å². The van der Waals surface area contributed by atoms with E-state index in [1.54, 1.807) is 6.92 Å². The van der Waals surface area contributed by atoms with Crippen LogP contribution >= 0.6 is 24.0 Å². The quantitative estimate of drug-likeness (QED) is 0.352. The van der Waals surface area contributed by atoms with Crippen molar-refractivity contribution < 1.29 is 9.53 Å². The first-order valence-electron chi connectivity index (χ1n) is 11.2. The van der Waals surface area contributed by atoms with Crippen molar-refractivity contribution in [2.75, 3.05) is 45.8 Å². The molecule has 2 atom stereocenters. The minimum absolute atomic E-state index is 0. The van der Waals surface area contributed by atoms with Crippen LogP contribution in [0.5, 0.6) is 0 Å². The normalized spacial score (nSPS) is 22.8. The molecule has 0 radical (unpaired) electrons. The number of hydrogen-bond donors (Lipinski definition) is 1. The Kier molecular flexibility index (Phi) is 10.5. The number of morpholine rings is 1. The van der Waals surface area contributed by atoms with Gasteiger partial charge in [-0.3, -0.25) is 9.69 Å². The lowest BCUT2D eigenvalue weighted by Gasteiger charge is -2.36. The molecule has 8 heteroatoms. The molecule has 2 fully saturated rings. The number of aliphatic imine (C=N–C) groups is 1. The Morgan fingerprint density at radius 2 is 1.65 bits per heavy atom. The first kappa shape index (κ1) is 25.9. The fraction of sp³-hybridized carbons (Fsp3) is 0.652. The standard InChI is InChI=1S/C23H37N5O2.HI/c1-5-24-23(28-12-10-27(11-13-28)20(4)29)25-14-21-8-6-7-9-22(21)17-26-15-18(2)30-19(3)16-26;/h6-9,18-19H,5,10-17H2,1-4H3,(H,24,25);1H. The van der Waals surface area contributed by atoms with Crippen LogP contribution in [0.3, 0.4) is 0 Å². The van der Waals surface area contributed by atoms with Gasteiger partial charge in [-0.25, -0.2) is 4.99 Å². The van der Waals surface area contributed by atoms with Gasteiger partial charge in [-0.1, -0.05) is 24.3 Å². The van der Waals surface area contributed by atoms with Crippen molar-refractivity contribution >= 4 is 35.8 Å². The molecular formula is C23H38IN5O2. The summed E-state index contributed by atoms with van der Waals surface area (Å²) in [6, 6.07) is 8.61. The number of rotatable bonds is 5. The molecule has 1 N–H and O–H groups in total. The molecule has 2 heterocycles. The number of carbonyl (C=O) groups excluding carboxylic acids is 1. The van der Waals surface area contributed by atoms with Crippen LogP contribution in [-0.2, 0) is 22.6 Å². The largest absolute Gasteiger partial charge is 0.373 e. The molecular weight excluding hydrogens is 505 g/mol. The predicted molar refractivity (Wildman–Crippen MR) is 136 cm³/mol. The molecule has 174 valence electrons. The molecule has 2 aliphatic heterocycles. The fourth-order valence-corrected chi connectivity index (χ4v) is 4.34. The summed E-state index contributed by atoms with van der Waals surface area (Å²) in [5, 5.41) is 3.42. The maximum atomic E-state index is 11.6. The van der Waals surface area contributed by atoms with Gasteiger partial charge in [-0.2, -0.15) is 0 Å². The topological polar surface area (TPSA) is 60.4 Å². The number of guanidine groups is 1. The molecule has 0 saturated carbocycles.